The van der Waals surface area contributed by atoms with Crippen molar-refractivity contribution in [2.75, 3.05) is 13.7 Å². The van der Waals surface area contributed by atoms with Crippen LogP contribution in [0.1, 0.15) is 31.2 Å². The molecular weight excluding hydrogens is 252 g/mol. The number of nitrogens with two attached hydrogens (primary N) is 1. The molecule has 4 heteroatoms. The number of benzene rings is 1. The second-order valence-corrected chi connectivity index (χ2v) is 6.00. The fourth-order valence-electron chi connectivity index (χ4n) is 2.64. The molecule has 0 unspecified atom stereocenters. The van der Waals surface area contributed by atoms with E-state index >= 15 is 0 Å². The van der Waals surface area contributed by atoms with Gasteiger partial charge in [0.05, 0.1) is 12.5 Å². The van der Waals surface area contributed by atoms with Crippen LogP contribution in [0.15, 0.2) is 24.3 Å². The summed E-state index contributed by atoms with van der Waals surface area (Å²) in [7, 11) is 1.66. The summed E-state index contributed by atoms with van der Waals surface area (Å²) in [6.07, 6.45) is 4.16. The maximum atomic E-state index is 12.7. The van der Waals surface area contributed by atoms with Gasteiger partial charge in [-0.2, -0.15) is 0 Å². The molecule has 0 bridgehead atoms. The summed E-state index contributed by atoms with van der Waals surface area (Å²) in [6.45, 7) is 1.17. The van der Waals surface area contributed by atoms with Crippen LogP contribution < -0.4 is 10.5 Å². The average molecular weight is 274 g/mol. The molecule has 1 aromatic rings. The molecule has 1 aromatic carbocycles. The highest BCUT2D eigenvalue weighted by Crippen LogP contribution is 2.48. The Morgan fingerprint density at radius 2 is 2.00 bits per heavy atom. The van der Waals surface area contributed by atoms with Crippen molar-refractivity contribution in [2.24, 2.45) is 11.1 Å². The van der Waals surface area contributed by atoms with Crippen molar-refractivity contribution in [3.8, 4) is 5.75 Å². The summed E-state index contributed by atoms with van der Waals surface area (Å²) in [5, 5.41) is 0. The maximum absolute atomic E-state index is 12.7. The van der Waals surface area contributed by atoms with Crippen molar-refractivity contribution >= 4 is 5.91 Å². The lowest BCUT2D eigenvalue weighted by Crippen LogP contribution is -2.41. The molecule has 0 radical (unpaired) electrons. The van der Waals surface area contributed by atoms with Crippen LogP contribution in [0.2, 0.25) is 0 Å². The Morgan fingerprint density at radius 3 is 2.45 bits per heavy atom. The van der Waals surface area contributed by atoms with Crippen LogP contribution in [-0.2, 0) is 11.3 Å². The third kappa shape index (κ3) is 2.52. The van der Waals surface area contributed by atoms with Gasteiger partial charge in [0.15, 0.2) is 0 Å². The lowest BCUT2D eigenvalue weighted by Gasteiger charge is -2.27. The van der Waals surface area contributed by atoms with Gasteiger partial charge in [0, 0.05) is 19.1 Å². The van der Waals surface area contributed by atoms with Crippen LogP contribution in [0.3, 0.4) is 0 Å². The van der Waals surface area contributed by atoms with E-state index < -0.39 is 0 Å². The lowest BCUT2D eigenvalue weighted by molar-refractivity contribution is -0.137. The van der Waals surface area contributed by atoms with Gasteiger partial charge in [0.25, 0.3) is 0 Å². The monoisotopic (exact) mass is 274 g/mol. The van der Waals surface area contributed by atoms with Gasteiger partial charge in [-0.15, -0.1) is 0 Å². The van der Waals surface area contributed by atoms with Crippen molar-refractivity contribution in [1.82, 2.24) is 4.90 Å². The average Bonchev–Trinajstić information content (AvgIpc) is 3.38. The van der Waals surface area contributed by atoms with Crippen molar-refractivity contribution in [3.63, 3.8) is 0 Å². The summed E-state index contributed by atoms with van der Waals surface area (Å²) >= 11 is 0. The van der Waals surface area contributed by atoms with Gasteiger partial charge in [-0.25, -0.2) is 0 Å². The van der Waals surface area contributed by atoms with E-state index in [4.69, 9.17) is 10.5 Å². The molecule has 0 aliphatic heterocycles. The standard InChI is InChI=1S/C16H22N2O2/c1-20-14-6-2-12(3-7-14)10-18(13-4-5-13)15(19)16(11-17)8-9-16/h2-3,6-7,13H,4-5,8-11,17H2,1H3. The minimum atomic E-state index is -0.241. The smallest absolute Gasteiger partial charge is 0.230 e. The zero-order valence-electron chi connectivity index (χ0n) is 12.0. The number of hydrogen-bond acceptors (Lipinski definition) is 3. The number of methoxy groups -OCH3 is 1. The number of carbonyl (C=O) groups excluding carboxylic acids is 1. The topological polar surface area (TPSA) is 55.6 Å². The van der Waals surface area contributed by atoms with Gasteiger partial charge in [-0.3, -0.25) is 4.79 Å². The summed E-state index contributed by atoms with van der Waals surface area (Å²) < 4.78 is 5.17. The number of rotatable bonds is 6. The van der Waals surface area contributed by atoms with Gasteiger partial charge < -0.3 is 15.4 Å². The molecular formula is C16H22N2O2. The van der Waals surface area contributed by atoms with Crippen LogP contribution in [0.4, 0.5) is 0 Å². The number of amides is 1. The van der Waals surface area contributed by atoms with Gasteiger partial charge >= 0.3 is 0 Å². The summed E-state index contributed by atoms with van der Waals surface area (Å²) in [6, 6.07) is 8.38. The molecule has 3 rings (SSSR count). The quantitative estimate of drug-likeness (QED) is 0.862. The Bertz CT molecular complexity index is 490. The van der Waals surface area contributed by atoms with Crippen LogP contribution in [0, 0.1) is 5.41 Å². The van der Waals surface area contributed by atoms with Gasteiger partial charge in [-0.1, -0.05) is 12.1 Å². The first-order valence-electron chi connectivity index (χ1n) is 7.32. The molecule has 4 nitrogen and oxygen atoms in total. The minimum absolute atomic E-state index is 0.241. The molecule has 0 aromatic heterocycles. The van der Waals surface area contributed by atoms with Crippen molar-refractivity contribution in [1.29, 1.82) is 0 Å². The second-order valence-electron chi connectivity index (χ2n) is 6.00. The van der Waals surface area contributed by atoms with E-state index in [0.29, 0.717) is 19.1 Å². The molecule has 1 amide bonds. The molecule has 2 aliphatic rings. The Balaban J connectivity index is 1.72. The molecule has 108 valence electrons. The zero-order valence-corrected chi connectivity index (χ0v) is 12.0. The SMILES string of the molecule is COc1ccc(CN(C(=O)C2(CN)CC2)C2CC2)cc1. The molecule has 20 heavy (non-hydrogen) atoms. The molecule has 0 atom stereocenters. The van der Waals surface area contributed by atoms with E-state index in [1.807, 2.05) is 29.2 Å². The third-order valence-corrected chi connectivity index (χ3v) is 4.46. The molecule has 0 spiro atoms. The van der Waals surface area contributed by atoms with E-state index in [9.17, 15) is 4.79 Å². The van der Waals surface area contributed by atoms with Crippen molar-refractivity contribution < 1.29 is 9.53 Å². The minimum Gasteiger partial charge on any atom is -0.497 e. The molecule has 0 saturated heterocycles. The Morgan fingerprint density at radius 1 is 1.35 bits per heavy atom. The summed E-state index contributed by atoms with van der Waals surface area (Å²) in [4.78, 5) is 14.7. The summed E-state index contributed by atoms with van der Waals surface area (Å²) in [5.41, 5.74) is 6.71. The van der Waals surface area contributed by atoms with Crippen LogP contribution in [-0.4, -0.2) is 30.5 Å². The fourth-order valence-corrected chi connectivity index (χ4v) is 2.64. The largest absolute Gasteiger partial charge is 0.497 e. The number of nitrogens with zero attached hydrogens (tertiary/aromatic N) is 1. The predicted octanol–water partition coefficient (Wildman–Crippen LogP) is 1.93. The molecule has 0 heterocycles. The van der Waals surface area contributed by atoms with Crippen molar-refractivity contribution in [2.45, 2.75) is 38.3 Å². The highest BCUT2D eigenvalue weighted by atomic mass is 16.5. The lowest BCUT2D eigenvalue weighted by atomic mass is 10.0. The van der Waals surface area contributed by atoms with Crippen LogP contribution >= 0.6 is 0 Å². The van der Waals surface area contributed by atoms with Crippen LogP contribution in [0.5, 0.6) is 5.75 Å². The molecule has 2 fully saturated rings. The third-order valence-electron chi connectivity index (χ3n) is 4.46. The first kappa shape index (κ1) is 13.4. The second kappa shape index (κ2) is 5.09. The number of ether oxygens (including phenoxy) is 1. The van der Waals surface area contributed by atoms with Crippen LogP contribution in [0.25, 0.3) is 0 Å². The van der Waals surface area contributed by atoms with E-state index in [0.717, 1.165) is 37.0 Å². The van der Waals surface area contributed by atoms with E-state index in [1.54, 1.807) is 7.11 Å². The van der Waals surface area contributed by atoms with Gasteiger partial charge in [0.2, 0.25) is 5.91 Å². The number of carbonyl (C=O) groups is 1. The first-order chi connectivity index (χ1) is 9.68. The molecule has 2 N–H and O–H groups in total. The first-order valence-corrected chi connectivity index (χ1v) is 7.32. The highest BCUT2D eigenvalue weighted by molar-refractivity contribution is 5.86. The zero-order chi connectivity index (χ0) is 14.2. The number of hydrogen-bond donors (Lipinski definition) is 1. The van der Waals surface area contributed by atoms with E-state index in [2.05, 4.69) is 0 Å². The Hall–Kier alpha value is -1.55. The van der Waals surface area contributed by atoms with E-state index in [1.165, 1.54) is 0 Å². The predicted molar refractivity (Wildman–Crippen MR) is 77.3 cm³/mol. The molecule has 2 aliphatic carbocycles. The Labute approximate surface area is 119 Å². The van der Waals surface area contributed by atoms with Gasteiger partial charge in [-0.05, 0) is 43.4 Å². The van der Waals surface area contributed by atoms with Crippen molar-refractivity contribution in [3.05, 3.63) is 29.8 Å². The fraction of sp³-hybridized carbons (Fsp3) is 0.562. The Kier molecular flexibility index (Phi) is 3.42. The maximum Gasteiger partial charge on any atom is 0.230 e. The normalized spacial score (nSPS) is 19.5. The molecule has 2 saturated carbocycles. The highest BCUT2D eigenvalue weighted by Gasteiger charge is 2.52. The van der Waals surface area contributed by atoms with Gasteiger partial charge in [0.1, 0.15) is 5.75 Å². The summed E-state index contributed by atoms with van der Waals surface area (Å²) in [5.74, 6) is 1.11. The van der Waals surface area contributed by atoms with E-state index in [-0.39, 0.29) is 11.3 Å².